The van der Waals surface area contributed by atoms with Crippen molar-refractivity contribution in [3.8, 4) is 0 Å². The van der Waals surface area contributed by atoms with Crippen molar-refractivity contribution in [3.63, 3.8) is 0 Å². The summed E-state index contributed by atoms with van der Waals surface area (Å²) in [6.45, 7) is 5.69. The van der Waals surface area contributed by atoms with Crippen LogP contribution in [0.15, 0.2) is 29.3 Å². The lowest BCUT2D eigenvalue weighted by Crippen LogP contribution is -2.41. The molecule has 0 saturated heterocycles. The summed E-state index contributed by atoms with van der Waals surface area (Å²) in [5.74, 6) is -1.43. The van der Waals surface area contributed by atoms with Crippen molar-refractivity contribution >= 4 is 51.9 Å². The highest BCUT2D eigenvalue weighted by molar-refractivity contribution is 7.14. The minimum absolute atomic E-state index is 0.0441. The van der Waals surface area contributed by atoms with Crippen molar-refractivity contribution in [2.24, 2.45) is 5.41 Å². The number of aromatic nitrogens is 3. The monoisotopic (exact) mass is 545 g/mol. The van der Waals surface area contributed by atoms with Crippen molar-refractivity contribution in [2.45, 2.75) is 52.6 Å². The first kappa shape index (κ1) is 28.6. The van der Waals surface area contributed by atoms with E-state index < -0.39 is 29.3 Å². The van der Waals surface area contributed by atoms with Crippen molar-refractivity contribution in [2.75, 3.05) is 19.5 Å². The van der Waals surface area contributed by atoms with Crippen LogP contribution in [0.25, 0.3) is 11.0 Å². The molecule has 204 valence electrons. The molecule has 0 aromatic carbocycles. The number of aryl methyl sites for hydroxylation is 2. The van der Waals surface area contributed by atoms with Crippen molar-refractivity contribution in [1.82, 2.24) is 19.9 Å². The number of hydrogen-bond acceptors (Lipinski definition) is 9. The number of esters is 2. The average Bonchev–Trinajstić information content (AvgIpc) is 3.52. The number of thiophene rings is 1. The molecule has 0 aliphatic carbocycles. The van der Waals surface area contributed by atoms with Gasteiger partial charge in [-0.1, -0.05) is 20.8 Å². The first-order valence-electron chi connectivity index (χ1n) is 11.9. The van der Waals surface area contributed by atoms with Gasteiger partial charge in [0, 0.05) is 23.3 Å². The van der Waals surface area contributed by atoms with Crippen LogP contribution >= 0.6 is 11.3 Å². The van der Waals surface area contributed by atoms with Gasteiger partial charge < -0.3 is 25.1 Å². The quantitative estimate of drug-likeness (QED) is 0.327. The zero-order valence-electron chi connectivity index (χ0n) is 21.9. The standard InChI is InChI=1S/C25H31N5O7S/c1-25(2,3)24(35)29-18-12-15-20(28-18)26-13-30(22(15)33)11-10-14-6-8-17(38-14)21(32)27-16(23(34)37-5)7-9-19(31)36-4/h6,8,12-13,16,28H,7,9-11H2,1-5H3,(H,27,32)(H,29,35)/t16-/m0/s1. The molecule has 3 aromatic heterocycles. The SMILES string of the molecule is COC(=O)CC[C@H](NC(=O)c1ccc(CCn2cnc3[nH]c(NC(=O)C(C)(C)C)cc3c2=O)s1)C(=O)OC. The normalized spacial score (nSPS) is 12.1. The Morgan fingerprint density at radius 1 is 1.16 bits per heavy atom. The summed E-state index contributed by atoms with van der Waals surface area (Å²) in [7, 11) is 2.44. The molecular formula is C25H31N5O7S. The molecule has 1 atom stereocenters. The molecule has 3 aromatic rings. The van der Waals surface area contributed by atoms with Crippen LogP contribution in [0.4, 0.5) is 5.82 Å². The van der Waals surface area contributed by atoms with Gasteiger partial charge in [0.25, 0.3) is 11.5 Å². The molecule has 12 nitrogen and oxygen atoms in total. The fourth-order valence-electron chi connectivity index (χ4n) is 3.43. The molecule has 13 heteroatoms. The van der Waals surface area contributed by atoms with Crippen LogP contribution in [0.1, 0.15) is 48.2 Å². The highest BCUT2D eigenvalue weighted by atomic mass is 32.1. The fourth-order valence-corrected chi connectivity index (χ4v) is 4.33. The highest BCUT2D eigenvalue weighted by Crippen LogP contribution is 2.20. The fraction of sp³-hybridized carbons (Fsp3) is 0.440. The number of aromatic amines is 1. The van der Waals surface area contributed by atoms with E-state index in [1.54, 1.807) is 39.0 Å². The number of rotatable bonds is 10. The number of fused-ring (bicyclic) bond motifs is 1. The molecule has 0 bridgehead atoms. The summed E-state index contributed by atoms with van der Waals surface area (Å²) in [6.07, 6.45) is 1.89. The summed E-state index contributed by atoms with van der Waals surface area (Å²) in [4.78, 5) is 69.8. The Hall–Kier alpha value is -4.00. The van der Waals surface area contributed by atoms with Gasteiger partial charge in [0.2, 0.25) is 5.91 Å². The van der Waals surface area contributed by atoms with E-state index >= 15 is 0 Å². The largest absolute Gasteiger partial charge is 0.469 e. The van der Waals surface area contributed by atoms with Gasteiger partial charge in [-0.05, 0) is 31.0 Å². The van der Waals surface area contributed by atoms with E-state index in [0.717, 1.165) is 4.88 Å². The molecule has 3 rings (SSSR count). The maximum absolute atomic E-state index is 13.0. The third kappa shape index (κ3) is 7.06. The number of carbonyl (C=O) groups excluding carboxylic acids is 4. The molecule has 3 N–H and O–H groups in total. The second-order valence-corrected chi connectivity index (χ2v) is 10.7. The van der Waals surface area contributed by atoms with E-state index in [1.807, 2.05) is 0 Å². The number of nitrogens with zero attached hydrogens (tertiary/aromatic N) is 2. The Labute approximate surface area is 222 Å². The van der Waals surface area contributed by atoms with Gasteiger partial charge >= 0.3 is 11.9 Å². The van der Waals surface area contributed by atoms with Crippen LogP contribution in [-0.4, -0.2) is 58.5 Å². The van der Waals surface area contributed by atoms with Crippen LogP contribution in [-0.2, 0) is 36.8 Å². The van der Waals surface area contributed by atoms with Gasteiger partial charge in [-0.2, -0.15) is 0 Å². The average molecular weight is 546 g/mol. The molecule has 0 fully saturated rings. The Morgan fingerprint density at radius 3 is 2.55 bits per heavy atom. The molecule has 3 heterocycles. The number of carbonyl (C=O) groups is 4. The summed E-state index contributed by atoms with van der Waals surface area (Å²) < 4.78 is 10.8. The van der Waals surface area contributed by atoms with E-state index in [9.17, 15) is 24.0 Å². The molecular weight excluding hydrogens is 514 g/mol. The lowest BCUT2D eigenvalue weighted by atomic mass is 9.96. The number of nitrogens with one attached hydrogen (secondary N) is 3. The van der Waals surface area contributed by atoms with Gasteiger partial charge in [0.15, 0.2) is 0 Å². The van der Waals surface area contributed by atoms with Gasteiger partial charge in [-0.25, -0.2) is 9.78 Å². The Morgan fingerprint density at radius 2 is 1.89 bits per heavy atom. The third-order valence-corrected chi connectivity index (χ3v) is 6.83. The molecule has 0 radical (unpaired) electrons. The van der Waals surface area contributed by atoms with Crippen LogP contribution in [0.2, 0.25) is 0 Å². The van der Waals surface area contributed by atoms with Crippen molar-refractivity contribution in [3.05, 3.63) is 44.6 Å². The molecule has 0 spiro atoms. The minimum Gasteiger partial charge on any atom is -0.469 e. The maximum Gasteiger partial charge on any atom is 0.328 e. The lowest BCUT2D eigenvalue weighted by Gasteiger charge is -2.16. The van der Waals surface area contributed by atoms with Crippen LogP contribution < -0.4 is 16.2 Å². The third-order valence-electron chi connectivity index (χ3n) is 5.68. The molecule has 2 amide bonds. The first-order valence-corrected chi connectivity index (χ1v) is 12.7. The zero-order valence-corrected chi connectivity index (χ0v) is 22.7. The predicted molar refractivity (Wildman–Crippen MR) is 141 cm³/mol. The summed E-state index contributed by atoms with van der Waals surface area (Å²) in [5.41, 5.74) is -0.480. The highest BCUT2D eigenvalue weighted by Gasteiger charge is 2.24. The second-order valence-electron chi connectivity index (χ2n) is 9.57. The smallest absolute Gasteiger partial charge is 0.328 e. The van der Waals surface area contributed by atoms with Gasteiger partial charge in [-0.3, -0.25) is 23.7 Å². The Balaban J connectivity index is 1.65. The van der Waals surface area contributed by atoms with Crippen LogP contribution in [0, 0.1) is 5.41 Å². The van der Waals surface area contributed by atoms with E-state index in [-0.39, 0.29) is 24.3 Å². The number of amides is 2. The van der Waals surface area contributed by atoms with E-state index in [1.165, 1.54) is 36.5 Å². The van der Waals surface area contributed by atoms with Crippen LogP contribution in [0.5, 0.6) is 0 Å². The molecule has 38 heavy (non-hydrogen) atoms. The minimum atomic E-state index is -0.993. The van der Waals surface area contributed by atoms with Crippen LogP contribution in [0.3, 0.4) is 0 Å². The number of H-pyrrole nitrogens is 1. The topological polar surface area (TPSA) is 161 Å². The van der Waals surface area contributed by atoms with E-state index in [0.29, 0.717) is 34.7 Å². The first-order chi connectivity index (χ1) is 17.9. The van der Waals surface area contributed by atoms with Crippen molar-refractivity contribution in [1.29, 1.82) is 0 Å². The van der Waals surface area contributed by atoms with Gasteiger partial charge in [0.1, 0.15) is 17.5 Å². The molecule has 0 saturated carbocycles. The van der Waals surface area contributed by atoms with Gasteiger partial charge in [-0.15, -0.1) is 11.3 Å². The number of ether oxygens (including phenoxy) is 2. The summed E-state index contributed by atoms with van der Waals surface area (Å²) >= 11 is 1.23. The summed E-state index contributed by atoms with van der Waals surface area (Å²) in [6, 6.07) is 3.98. The predicted octanol–water partition coefficient (Wildman–Crippen LogP) is 2.24. The number of methoxy groups -OCH3 is 2. The summed E-state index contributed by atoms with van der Waals surface area (Å²) in [5, 5.41) is 5.70. The van der Waals surface area contributed by atoms with E-state index in [2.05, 4.69) is 25.3 Å². The van der Waals surface area contributed by atoms with Crippen molar-refractivity contribution < 1.29 is 28.7 Å². The maximum atomic E-state index is 13.0. The zero-order chi connectivity index (χ0) is 28.0. The molecule has 0 aliphatic heterocycles. The van der Waals surface area contributed by atoms with E-state index in [4.69, 9.17) is 4.74 Å². The lowest BCUT2D eigenvalue weighted by molar-refractivity contribution is -0.144. The Bertz CT molecular complexity index is 1400. The Kier molecular flexibility index (Phi) is 9.04. The molecule has 0 aliphatic rings. The second kappa shape index (κ2) is 12.0. The number of hydrogen-bond donors (Lipinski definition) is 3. The number of anilines is 1. The molecule has 0 unspecified atom stereocenters. The van der Waals surface area contributed by atoms with Gasteiger partial charge in [0.05, 0.1) is 30.8 Å².